The lowest BCUT2D eigenvalue weighted by atomic mass is 9.99. The zero-order valence-electron chi connectivity index (χ0n) is 7.29. The molecule has 3 heteroatoms. The molecule has 0 radical (unpaired) electrons. The van der Waals surface area contributed by atoms with E-state index in [2.05, 4.69) is 5.16 Å². The highest BCUT2D eigenvalue weighted by Crippen LogP contribution is 2.19. The monoisotopic (exact) mass is 169 g/mol. The Hall–Kier alpha value is -0.820. The van der Waals surface area contributed by atoms with Gasteiger partial charge in [-0.05, 0) is 25.7 Å². The van der Waals surface area contributed by atoms with E-state index in [1.54, 1.807) is 0 Å². The van der Waals surface area contributed by atoms with Crippen molar-refractivity contribution in [1.82, 2.24) is 0 Å². The van der Waals surface area contributed by atoms with Crippen molar-refractivity contribution in [1.29, 1.82) is 0 Å². The fraction of sp³-hybridized carbons (Fsp3) is 0.889. The van der Waals surface area contributed by atoms with Gasteiger partial charge in [0.1, 0.15) is 6.10 Å². The minimum atomic E-state index is 0.159. The molecule has 68 valence electrons. The van der Waals surface area contributed by atoms with Gasteiger partial charge in [0, 0.05) is 5.16 Å². The molecule has 0 atom stereocenters. The fourth-order valence-electron chi connectivity index (χ4n) is 1.62. The van der Waals surface area contributed by atoms with Crippen molar-refractivity contribution in [3.05, 3.63) is 0 Å². The largest absolute Gasteiger partial charge is 0.383 e. The first kappa shape index (κ1) is 9.27. The molecular formula is C9H15NO2. The maximum atomic E-state index is 9.78. The molecule has 0 aromatic carbocycles. The summed E-state index contributed by atoms with van der Waals surface area (Å²) in [7, 11) is 0. The van der Waals surface area contributed by atoms with Gasteiger partial charge >= 0.3 is 0 Å². The summed E-state index contributed by atoms with van der Waals surface area (Å²) in [4.78, 5) is 14.8. The first-order chi connectivity index (χ1) is 5.93. The summed E-state index contributed by atoms with van der Waals surface area (Å²) in [6.45, 7) is 0. The van der Waals surface area contributed by atoms with Gasteiger partial charge in [-0.25, -0.2) is 4.79 Å². The lowest BCUT2D eigenvalue weighted by molar-refractivity contribution is 0.0402. The molecule has 1 aliphatic carbocycles. The van der Waals surface area contributed by atoms with E-state index < -0.39 is 0 Å². The van der Waals surface area contributed by atoms with E-state index in [0.29, 0.717) is 0 Å². The second-order valence-corrected chi connectivity index (χ2v) is 3.26. The van der Waals surface area contributed by atoms with Crippen molar-refractivity contribution in [2.45, 2.75) is 51.0 Å². The molecule has 0 unspecified atom stereocenters. The maximum Gasteiger partial charge on any atom is 0.276 e. The molecule has 1 fully saturated rings. The van der Waals surface area contributed by atoms with Gasteiger partial charge in [-0.3, -0.25) is 0 Å². The van der Waals surface area contributed by atoms with Crippen LogP contribution in [0.1, 0.15) is 44.9 Å². The van der Waals surface area contributed by atoms with Gasteiger partial charge in [0.15, 0.2) is 0 Å². The van der Waals surface area contributed by atoms with E-state index in [9.17, 15) is 4.79 Å². The lowest BCUT2D eigenvalue weighted by Gasteiger charge is -2.16. The molecular weight excluding hydrogens is 154 g/mol. The van der Waals surface area contributed by atoms with Crippen LogP contribution in [0.4, 0.5) is 0 Å². The zero-order chi connectivity index (χ0) is 8.65. The topological polar surface area (TPSA) is 38.7 Å². The quantitative estimate of drug-likeness (QED) is 0.361. The van der Waals surface area contributed by atoms with Crippen LogP contribution in [0, 0.1) is 0 Å². The van der Waals surface area contributed by atoms with Crippen LogP contribution in [0.15, 0.2) is 5.16 Å². The normalized spacial score (nSPS) is 20.3. The van der Waals surface area contributed by atoms with Crippen molar-refractivity contribution >= 4 is 6.08 Å². The van der Waals surface area contributed by atoms with Gasteiger partial charge in [0.25, 0.3) is 6.08 Å². The maximum absolute atomic E-state index is 9.78. The SMILES string of the molecule is O=C=NOC1CCCCCCC1. The second-order valence-electron chi connectivity index (χ2n) is 3.26. The summed E-state index contributed by atoms with van der Waals surface area (Å²) in [5, 5.41) is 3.16. The van der Waals surface area contributed by atoms with Crippen LogP contribution in [-0.4, -0.2) is 12.2 Å². The molecule has 1 saturated carbocycles. The van der Waals surface area contributed by atoms with Gasteiger partial charge < -0.3 is 4.84 Å². The third-order valence-corrected chi connectivity index (χ3v) is 2.29. The Morgan fingerprint density at radius 2 is 1.67 bits per heavy atom. The van der Waals surface area contributed by atoms with Crippen molar-refractivity contribution in [3.63, 3.8) is 0 Å². The van der Waals surface area contributed by atoms with Gasteiger partial charge in [-0.15, -0.1) is 0 Å². The van der Waals surface area contributed by atoms with E-state index in [0.717, 1.165) is 12.8 Å². The van der Waals surface area contributed by atoms with Crippen LogP contribution in [0.2, 0.25) is 0 Å². The Morgan fingerprint density at radius 3 is 2.25 bits per heavy atom. The van der Waals surface area contributed by atoms with E-state index in [4.69, 9.17) is 4.84 Å². The highest BCUT2D eigenvalue weighted by atomic mass is 16.6. The highest BCUT2D eigenvalue weighted by molar-refractivity contribution is 5.31. The third-order valence-electron chi connectivity index (χ3n) is 2.29. The Balaban J connectivity index is 2.24. The Labute approximate surface area is 72.8 Å². The minimum Gasteiger partial charge on any atom is -0.383 e. The van der Waals surface area contributed by atoms with E-state index in [1.807, 2.05) is 0 Å². The van der Waals surface area contributed by atoms with Crippen molar-refractivity contribution in [2.24, 2.45) is 5.16 Å². The average molecular weight is 169 g/mol. The van der Waals surface area contributed by atoms with Crippen molar-refractivity contribution in [2.75, 3.05) is 0 Å². The van der Waals surface area contributed by atoms with Crippen LogP contribution in [-0.2, 0) is 9.63 Å². The molecule has 0 aromatic heterocycles. The molecule has 12 heavy (non-hydrogen) atoms. The standard InChI is InChI=1S/C9H15NO2/c11-8-10-12-9-6-4-2-1-3-5-7-9/h9H,1-7H2. The predicted molar refractivity (Wildman–Crippen MR) is 45.3 cm³/mol. The number of hydrogen-bond acceptors (Lipinski definition) is 3. The molecule has 1 aliphatic rings. The molecule has 1 rings (SSSR count). The molecule has 0 N–H and O–H groups in total. The van der Waals surface area contributed by atoms with Gasteiger partial charge in [0.2, 0.25) is 0 Å². The Bertz CT molecular complexity index is 156. The summed E-state index contributed by atoms with van der Waals surface area (Å²) in [6, 6.07) is 0. The van der Waals surface area contributed by atoms with Crippen LogP contribution < -0.4 is 0 Å². The number of isocyanates is 1. The molecule has 0 amide bonds. The minimum absolute atomic E-state index is 0.159. The van der Waals surface area contributed by atoms with E-state index in [1.165, 1.54) is 38.2 Å². The molecule has 0 heterocycles. The van der Waals surface area contributed by atoms with E-state index >= 15 is 0 Å². The summed E-state index contributed by atoms with van der Waals surface area (Å²) in [6.07, 6.45) is 9.92. The van der Waals surface area contributed by atoms with Crippen LogP contribution >= 0.6 is 0 Å². The Morgan fingerprint density at radius 1 is 1.08 bits per heavy atom. The summed E-state index contributed by atoms with van der Waals surface area (Å²) < 4.78 is 0. The zero-order valence-corrected chi connectivity index (χ0v) is 7.29. The molecule has 0 spiro atoms. The first-order valence-electron chi connectivity index (χ1n) is 4.66. The van der Waals surface area contributed by atoms with Gasteiger partial charge in [-0.1, -0.05) is 19.3 Å². The molecule has 0 aromatic rings. The van der Waals surface area contributed by atoms with Crippen LogP contribution in [0.25, 0.3) is 0 Å². The Kier molecular flexibility index (Phi) is 4.47. The van der Waals surface area contributed by atoms with Crippen LogP contribution in [0.5, 0.6) is 0 Å². The summed E-state index contributed by atoms with van der Waals surface area (Å²) >= 11 is 0. The molecule has 0 bridgehead atoms. The first-order valence-corrected chi connectivity index (χ1v) is 4.66. The lowest BCUT2D eigenvalue weighted by Crippen LogP contribution is -2.11. The third kappa shape index (κ3) is 3.54. The molecule has 3 nitrogen and oxygen atoms in total. The second kappa shape index (κ2) is 5.78. The van der Waals surface area contributed by atoms with E-state index in [-0.39, 0.29) is 6.10 Å². The smallest absolute Gasteiger partial charge is 0.276 e. The number of hydrogen-bond donors (Lipinski definition) is 0. The molecule has 0 aliphatic heterocycles. The molecule has 0 saturated heterocycles. The average Bonchev–Trinajstić information content (AvgIpc) is 2.02. The number of rotatable bonds is 2. The van der Waals surface area contributed by atoms with Crippen molar-refractivity contribution in [3.8, 4) is 0 Å². The van der Waals surface area contributed by atoms with Gasteiger partial charge in [-0.2, -0.15) is 0 Å². The van der Waals surface area contributed by atoms with Crippen molar-refractivity contribution < 1.29 is 9.63 Å². The number of carbonyl (C=O) groups excluding carboxylic acids is 1. The van der Waals surface area contributed by atoms with Gasteiger partial charge in [0.05, 0.1) is 0 Å². The summed E-state index contributed by atoms with van der Waals surface area (Å²) in [5.74, 6) is 0. The van der Waals surface area contributed by atoms with Crippen LogP contribution in [0.3, 0.4) is 0 Å². The summed E-state index contributed by atoms with van der Waals surface area (Å²) in [5.41, 5.74) is 0. The fourth-order valence-corrected chi connectivity index (χ4v) is 1.62. The number of nitrogens with zero attached hydrogens (tertiary/aromatic N) is 1. The predicted octanol–water partition coefficient (Wildman–Crippen LogP) is 2.37. The highest BCUT2D eigenvalue weighted by Gasteiger charge is 2.11.